The molecule has 1 aromatic heterocycles. The topological polar surface area (TPSA) is 162 Å². The molecule has 0 radical (unpaired) electrons. The summed E-state index contributed by atoms with van der Waals surface area (Å²) in [6.07, 6.45) is 1.60. The summed E-state index contributed by atoms with van der Waals surface area (Å²) in [7, 11) is 1.50. The van der Waals surface area contributed by atoms with Gasteiger partial charge in [0.05, 0.1) is 17.6 Å². The Hall–Kier alpha value is -5.50. The van der Waals surface area contributed by atoms with E-state index in [4.69, 9.17) is 15.2 Å². The number of nitrogens with zero attached hydrogens (tertiary/aromatic N) is 5. The second kappa shape index (κ2) is 11.3. The van der Waals surface area contributed by atoms with E-state index in [-0.39, 0.29) is 35.6 Å². The number of ether oxygens (including phenoxy) is 2. The number of nitro groups is 1. The standard InChI is InChI=1S/C26H21N7O4/c1-36-23-14-18(9-12-22(23)37-16-17-7-10-21(11-8-17)33(34)35)13-19(15-27)24-30-25(28)32-26(31-24)29-20-5-3-2-4-6-20/h2-14H,16H2,1H3,(H3,28,29,30,31,32)/b19-13+. The van der Waals surface area contributed by atoms with Crippen LogP contribution in [0.5, 0.6) is 11.5 Å². The number of methoxy groups -OCH3 is 1. The largest absolute Gasteiger partial charge is 0.493 e. The van der Waals surface area contributed by atoms with E-state index in [2.05, 4.69) is 26.3 Å². The molecule has 3 N–H and O–H groups in total. The van der Waals surface area contributed by atoms with Gasteiger partial charge in [-0.15, -0.1) is 0 Å². The number of hydrogen-bond acceptors (Lipinski definition) is 10. The van der Waals surface area contributed by atoms with Crippen molar-refractivity contribution in [3.05, 3.63) is 99.9 Å². The Labute approximate surface area is 212 Å². The van der Waals surface area contributed by atoms with Crippen molar-refractivity contribution >= 4 is 34.9 Å². The highest BCUT2D eigenvalue weighted by Crippen LogP contribution is 2.30. The van der Waals surface area contributed by atoms with Crippen molar-refractivity contribution in [1.29, 1.82) is 5.26 Å². The number of para-hydroxylation sites is 1. The van der Waals surface area contributed by atoms with Crippen molar-refractivity contribution in [3.8, 4) is 17.6 Å². The molecular formula is C26H21N7O4. The number of hydrogen-bond donors (Lipinski definition) is 2. The van der Waals surface area contributed by atoms with Crippen LogP contribution in [0, 0.1) is 21.4 Å². The van der Waals surface area contributed by atoms with Crippen molar-refractivity contribution in [2.24, 2.45) is 0 Å². The van der Waals surface area contributed by atoms with E-state index in [1.807, 2.05) is 30.3 Å². The quantitative estimate of drug-likeness (QED) is 0.188. The van der Waals surface area contributed by atoms with Crippen LogP contribution in [-0.2, 0) is 6.61 Å². The Morgan fingerprint density at radius 3 is 2.51 bits per heavy atom. The van der Waals surface area contributed by atoms with Gasteiger partial charge in [-0.05, 0) is 53.6 Å². The van der Waals surface area contributed by atoms with Gasteiger partial charge in [0.25, 0.3) is 5.69 Å². The van der Waals surface area contributed by atoms with Crippen LogP contribution in [0.4, 0.5) is 23.3 Å². The van der Waals surface area contributed by atoms with Crippen LogP contribution in [0.25, 0.3) is 11.6 Å². The number of nitriles is 1. The molecule has 11 heteroatoms. The Morgan fingerprint density at radius 1 is 1.08 bits per heavy atom. The molecule has 1 heterocycles. The van der Waals surface area contributed by atoms with E-state index in [0.717, 1.165) is 11.3 Å². The molecule has 0 aliphatic rings. The van der Waals surface area contributed by atoms with Crippen molar-refractivity contribution in [2.45, 2.75) is 6.61 Å². The smallest absolute Gasteiger partial charge is 0.269 e. The van der Waals surface area contributed by atoms with Gasteiger partial charge in [0.15, 0.2) is 17.3 Å². The van der Waals surface area contributed by atoms with Crippen LogP contribution in [-0.4, -0.2) is 27.0 Å². The molecule has 0 spiro atoms. The normalized spacial score (nSPS) is 10.9. The van der Waals surface area contributed by atoms with Gasteiger partial charge in [0, 0.05) is 17.8 Å². The molecule has 0 unspecified atom stereocenters. The maximum Gasteiger partial charge on any atom is 0.269 e. The summed E-state index contributed by atoms with van der Waals surface area (Å²) < 4.78 is 11.3. The average molecular weight is 495 g/mol. The molecular weight excluding hydrogens is 474 g/mol. The molecule has 0 fully saturated rings. The van der Waals surface area contributed by atoms with Crippen LogP contribution in [0.15, 0.2) is 72.8 Å². The second-order valence-corrected chi connectivity index (χ2v) is 7.62. The number of anilines is 3. The number of non-ortho nitro benzene ring substituents is 1. The van der Waals surface area contributed by atoms with Gasteiger partial charge in [-0.25, -0.2) is 0 Å². The number of nitrogens with two attached hydrogens (primary N) is 1. The third-order valence-corrected chi connectivity index (χ3v) is 5.08. The van der Waals surface area contributed by atoms with Crippen LogP contribution in [0.3, 0.4) is 0 Å². The van der Waals surface area contributed by atoms with Crippen LogP contribution in [0.1, 0.15) is 17.0 Å². The lowest BCUT2D eigenvalue weighted by atomic mass is 10.1. The number of nitrogen functional groups attached to an aromatic ring is 1. The first-order valence-corrected chi connectivity index (χ1v) is 10.9. The number of nitro benzene ring substituents is 1. The molecule has 11 nitrogen and oxygen atoms in total. The molecule has 3 aromatic carbocycles. The number of benzene rings is 3. The van der Waals surface area contributed by atoms with Crippen molar-refractivity contribution < 1.29 is 14.4 Å². The molecule has 184 valence electrons. The Balaban J connectivity index is 1.54. The van der Waals surface area contributed by atoms with E-state index in [1.165, 1.54) is 19.2 Å². The number of nitrogens with one attached hydrogen (secondary N) is 1. The van der Waals surface area contributed by atoms with E-state index in [1.54, 1.807) is 36.4 Å². The first-order chi connectivity index (χ1) is 17.9. The summed E-state index contributed by atoms with van der Waals surface area (Å²) in [4.78, 5) is 22.9. The predicted octanol–water partition coefficient (Wildman–Crippen LogP) is 4.76. The fraction of sp³-hybridized carbons (Fsp3) is 0.0769. The molecule has 0 bridgehead atoms. The van der Waals surface area contributed by atoms with Gasteiger partial charge >= 0.3 is 0 Å². The molecule has 37 heavy (non-hydrogen) atoms. The summed E-state index contributed by atoms with van der Waals surface area (Å²) in [5.74, 6) is 1.20. The van der Waals surface area contributed by atoms with Crippen LogP contribution >= 0.6 is 0 Å². The monoisotopic (exact) mass is 495 g/mol. The second-order valence-electron chi connectivity index (χ2n) is 7.62. The number of aromatic nitrogens is 3. The lowest BCUT2D eigenvalue weighted by Crippen LogP contribution is -2.06. The fourth-order valence-electron chi connectivity index (χ4n) is 3.30. The third-order valence-electron chi connectivity index (χ3n) is 5.08. The van der Waals surface area contributed by atoms with Gasteiger partial charge in [-0.2, -0.15) is 20.2 Å². The van der Waals surface area contributed by atoms with Crippen molar-refractivity contribution in [2.75, 3.05) is 18.2 Å². The maximum absolute atomic E-state index is 10.8. The first-order valence-electron chi connectivity index (χ1n) is 10.9. The molecule has 0 atom stereocenters. The van der Waals surface area contributed by atoms with Gasteiger partial charge in [-0.1, -0.05) is 24.3 Å². The average Bonchev–Trinajstić information content (AvgIpc) is 2.91. The Kier molecular flexibility index (Phi) is 7.51. The highest BCUT2D eigenvalue weighted by Gasteiger charge is 2.12. The van der Waals surface area contributed by atoms with E-state index in [9.17, 15) is 15.4 Å². The molecule has 0 saturated carbocycles. The summed E-state index contributed by atoms with van der Waals surface area (Å²) >= 11 is 0. The molecule has 0 saturated heterocycles. The van der Waals surface area contributed by atoms with Crippen molar-refractivity contribution in [1.82, 2.24) is 15.0 Å². The van der Waals surface area contributed by atoms with E-state index in [0.29, 0.717) is 17.1 Å². The van der Waals surface area contributed by atoms with Gasteiger partial charge < -0.3 is 20.5 Å². The van der Waals surface area contributed by atoms with Crippen LogP contribution in [0.2, 0.25) is 0 Å². The Morgan fingerprint density at radius 2 is 1.84 bits per heavy atom. The fourth-order valence-corrected chi connectivity index (χ4v) is 3.30. The highest BCUT2D eigenvalue weighted by atomic mass is 16.6. The predicted molar refractivity (Wildman–Crippen MR) is 138 cm³/mol. The third kappa shape index (κ3) is 6.34. The molecule has 4 aromatic rings. The maximum atomic E-state index is 10.8. The van der Waals surface area contributed by atoms with Crippen LogP contribution < -0.4 is 20.5 Å². The summed E-state index contributed by atoms with van der Waals surface area (Å²) in [5.41, 5.74) is 8.21. The lowest BCUT2D eigenvalue weighted by Gasteiger charge is -2.12. The first kappa shape index (κ1) is 24.6. The minimum absolute atomic E-state index is 0.00803. The summed E-state index contributed by atoms with van der Waals surface area (Å²) in [6, 6.07) is 22.6. The summed E-state index contributed by atoms with van der Waals surface area (Å²) in [6.45, 7) is 0.189. The zero-order valence-electron chi connectivity index (χ0n) is 19.7. The summed E-state index contributed by atoms with van der Waals surface area (Å²) in [5, 5.41) is 23.6. The number of rotatable bonds is 9. The van der Waals surface area contributed by atoms with E-state index < -0.39 is 4.92 Å². The van der Waals surface area contributed by atoms with Gasteiger partial charge in [0.2, 0.25) is 11.9 Å². The number of allylic oxidation sites excluding steroid dienone is 1. The highest BCUT2D eigenvalue weighted by molar-refractivity contribution is 5.87. The Bertz CT molecular complexity index is 1480. The van der Waals surface area contributed by atoms with Crippen molar-refractivity contribution in [3.63, 3.8) is 0 Å². The minimum atomic E-state index is -0.457. The molecule has 0 aliphatic heterocycles. The lowest BCUT2D eigenvalue weighted by molar-refractivity contribution is -0.384. The molecule has 0 amide bonds. The molecule has 4 rings (SSSR count). The minimum Gasteiger partial charge on any atom is -0.493 e. The molecule has 0 aliphatic carbocycles. The van der Waals surface area contributed by atoms with Gasteiger partial charge in [-0.3, -0.25) is 10.1 Å². The van der Waals surface area contributed by atoms with E-state index >= 15 is 0 Å². The SMILES string of the molecule is COc1cc(/C=C(\C#N)c2nc(N)nc(Nc3ccccc3)n2)ccc1OCc1ccc([N+](=O)[O-])cc1. The van der Waals surface area contributed by atoms with Gasteiger partial charge in [0.1, 0.15) is 12.7 Å². The zero-order valence-corrected chi connectivity index (χ0v) is 19.7. The zero-order chi connectivity index (χ0) is 26.2.